The summed E-state index contributed by atoms with van der Waals surface area (Å²) in [4.78, 5) is 22.3. The summed E-state index contributed by atoms with van der Waals surface area (Å²) in [5, 5.41) is 11.5. The Hall–Kier alpha value is -1.06. The first kappa shape index (κ1) is 13.9. The van der Waals surface area contributed by atoms with E-state index >= 15 is 0 Å². The second kappa shape index (κ2) is 7.26. The molecule has 0 aliphatic rings. The molecule has 0 aromatic heterocycles. The van der Waals surface area contributed by atoms with Crippen LogP contribution in [0.4, 0.5) is 0 Å². The molecule has 1 atom stereocenters. The van der Waals surface area contributed by atoms with E-state index < -0.39 is 11.9 Å². The van der Waals surface area contributed by atoms with Gasteiger partial charge in [0.1, 0.15) is 5.92 Å². The van der Waals surface area contributed by atoms with E-state index in [0.717, 1.165) is 19.3 Å². The molecule has 4 nitrogen and oxygen atoms in total. The minimum Gasteiger partial charge on any atom is -0.481 e. The van der Waals surface area contributed by atoms with Crippen LogP contribution < -0.4 is 5.32 Å². The van der Waals surface area contributed by atoms with Crippen molar-refractivity contribution < 1.29 is 14.7 Å². The molecule has 15 heavy (non-hydrogen) atoms. The number of aliphatic carboxylic acids is 1. The molecule has 0 aliphatic carbocycles. The molecule has 0 aromatic carbocycles. The van der Waals surface area contributed by atoms with Crippen molar-refractivity contribution in [2.75, 3.05) is 6.54 Å². The van der Waals surface area contributed by atoms with Gasteiger partial charge in [0.05, 0.1) is 0 Å². The lowest BCUT2D eigenvalue weighted by Gasteiger charge is -2.15. The summed E-state index contributed by atoms with van der Waals surface area (Å²) >= 11 is 0. The summed E-state index contributed by atoms with van der Waals surface area (Å²) in [5.41, 5.74) is 0. The quantitative estimate of drug-likeness (QED) is 0.501. The number of unbranched alkanes of at least 4 members (excludes halogenated alkanes) is 2. The SMILES string of the molecule is CCCCCNC(=O)C(C(=O)O)C(C)C. The van der Waals surface area contributed by atoms with Gasteiger partial charge in [0, 0.05) is 6.54 Å². The van der Waals surface area contributed by atoms with Crippen LogP contribution in [0.1, 0.15) is 40.0 Å². The Bertz CT molecular complexity index is 214. The first-order valence-electron chi connectivity index (χ1n) is 5.51. The fourth-order valence-corrected chi connectivity index (χ4v) is 1.40. The normalized spacial score (nSPS) is 12.5. The highest BCUT2D eigenvalue weighted by atomic mass is 16.4. The molecule has 0 aliphatic heterocycles. The second-order valence-corrected chi connectivity index (χ2v) is 4.06. The number of carboxylic acid groups (broad SMARTS) is 1. The predicted molar refractivity (Wildman–Crippen MR) is 58.5 cm³/mol. The van der Waals surface area contributed by atoms with Gasteiger partial charge < -0.3 is 10.4 Å². The van der Waals surface area contributed by atoms with Gasteiger partial charge in [0.2, 0.25) is 5.91 Å². The molecule has 1 amide bonds. The third-order valence-electron chi connectivity index (χ3n) is 2.29. The van der Waals surface area contributed by atoms with Crippen LogP contribution in [-0.4, -0.2) is 23.5 Å². The molecule has 88 valence electrons. The van der Waals surface area contributed by atoms with Gasteiger partial charge >= 0.3 is 5.97 Å². The second-order valence-electron chi connectivity index (χ2n) is 4.06. The zero-order valence-electron chi connectivity index (χ0n) is 9.75. The third kappa shape index (κ3) is 5.40. The highest BCUT2D eigenvalue weighted by Crippen LogP contribution is 2.11. The van der Waals surface area contributed by atoms with Crippen LogP contribution in [0.2, 0.25) is 0 Å². The largest absolute Gasteiger partial charge is 0.481 e. The van der Waals surface area contributed by atoms with E-state index in [0.29, 0.717) is 6.54 Å². The molecule has 0 heterocycles. The third-order valence-corrected chi connectivity index (χ3v) is 2.29. The van der Waals surface area contributed by atoms with E-state index in [-0.39, 0.29) is 11.8 Å². The van der Waals surface area contributed by atoms with E-state index in [1.807, 2.05) is 0 Å². The van der Waals surface area contributed by atoms with Crippen molar-refractivity contribution in [2.45, 2.75) is 40.0 Å². The Morgan fingerprint density at radius 1 is 1.27 bits per heavy atom. The predicted octanol–water partition coefficient (Wildman–Crippen LogP) is 1.65. The molecule has 0 bridgehead atoms. The van der Waals surface area contributed by atoms with Crippen molar-refractivity contribution in [1.82, 2.24) is 5.32 Å². The molecule has 0 spiro atoms. The van der Waals surface area contributed by atoms with Gasteiger partial charge in [-0.3, -0.25) is 9.59 Å². The fourth-order valence-electron chi connectivity index (χ4n) is 1.40. The Labute approximate surface area is 91.1 Å². The summed E-state index contributed by atoms with van der Waals surface area (Å²) in [5.74, 6) is -2.51. The van der Waals surface area contributed by atoms with Crippen LogP contribution in [0.5, 0.6) is 0 Å². The lowest BCUT2D eigenvalue weighted by molar-refractivity contribution is -0.148. The molecule has 0 fully saturated rings. The number of amides is 1. The molecule has 1 unspecified atom stereocenters. The average Bonchev–Trinajstić information content (AvgIpc) is 2.11. The van der Waals surface area contributed by atoms with Crippen LogP contribution in [0.15, 0.2) is 0 Å². The standard InChI is InChI=1S/C11H21NO3/c1-4-5-6-7-12-10(13)9(8(2)3)11(14)15/h8-9H,4-7H2,1-3H3,(H,12,13)(H,14,15). The van der Waals surface area contributed by atoms with Crippen LogP contribution >= 0.6 is 0 Å². The fraction of sp³-hybridized carbons (Fsp3) is 0.818. The van der Waals surface area contributed by atoms with E-state index in [1.54, 1.807) is 13.8 Å². The van der Waals surface area contributed by atoms with Crippen molar-refractivity contribution in [2.24, 2.45) is 11.8 Å². The van der Waals surface area contributed by atoms with Crippen LogP contribution in [0.3, 0.4) is 0 Å². The first-order chi connectivity index (χ1) is 7.00. The topological polar surface area (TPSA) is 66.4 Å². The molecule has 0 saturated carbocycles. The minimum atomic E-state index is -1.04. The number of rotatable bonds is 7. The van der Waals surface area contributed by atoms with Gasteiger partial charge in [-0.1, -0.05) is 33.6 Å². The van der Waals surface area contributed by atoms with Crippen molar-refractivity contribution >= 4 is 11.9 Å². The summed E-state index contributed by atoms with van der Waals surface area (Å²) in [6.45, 7) is 6.13. The lowest BCUT2D eigenvalue weighted by atomic mass is 9.95. The number of hydrogen-bond acceptors (Lipinski definition) is 2. The van der Waals surface area contributed by atoms with Crippen molar-refractivity contribution in [3.63, 3.8) is 0 Å². The highest BCUT2D eigenvalue weighted by Gasteiger charge is 2.28. The number of carbonyl (C=O) groups is 2. The maximum absolute atomic E-state index is 11.5. The van der Waals surface area contributed by atoms with Gasteiger partial charge in [-0.2, -0.15) is 0 Å². The van der Waals surface area contributed by atoms with E-state index in [9.17, 15) is 9.59 Å². The summed E-state index contributed by atoms with van der Waals surface area (Å²) in [6.07, 6.45) is 3.05. The van der Waals surface area contributed by atoms with Gasteiger partial charge in [0.15, 0.2) is 0 Å². The van der Waals surface area contributed by atoms with Crippen molar-refractivity contribution in [3.05, 3.63) is 0 Å². The monoisotopic (exact) mass is 215 g/mol. The Morgan fingerprint density at radius 3 is 2.27 bits per heavy atom. The number of carbonyl (C=O) groups excluding carboxylic acids is 1. The Kier molecular flexibility index (Phi) is 6.75. The minimum absolute atomic E-state index is 0.173. The molecule has 0 rings (SSSR count). The summed E-state index contributed by atoms with van der Waals surface area (Å²) in [6, 6.07) is 0. The van der Waals surface area contributed by atoms with Crippen molar-refractivity contribution in [1.29, 1.82) is 0 Å². The molecule has 4 heteroatoms. The molecule has 2 N–H and O–H groups in total. The maximum Gasteiger partial charge on any atom is 0.316 e. The van der Waals surface area contributed by atoms with E-state index in [4.69, 9.17) is 5.11 Å². The average molecular weight is 215 g/mol. The van der Waals surface area contributed by atoms with Crippen LogP contribution in [0.25, 0.3) is 0 Å². The molecule has 0 radical (unpaired) electrons. The molecular formula is C11H21NO3. The summed E-state index contributed by atoms with van der Waals surface area (Å²) < 4.78 is 0. The van der Waals surface area contributed by atoms with Gasteiger partial charge in [-0.25, -0.2) is 0 Å². The number of nitrogens with one attached hydrogen (secondary N) is 1. The van der Waals surface area contributed by atoms with E-state index in [1.165, 1.54) is 0 Å². The maximum atomic E-state index is 11.5. The lowest BCUT2D eigenvalue weighted by Crippen LogP contribution is -2.38. The van der Waals surface area contributed by atoms with Gasteiger partial charge in [-0.15, -0.1) is 0 Å². The smallest absolute Gasteiger partial charge is 0.316 e. The Balaban J connectivity index is 3.99. The zero-order chi connectivity index (χ0) is 11.8. The Morgan fingerprint density at radius 2 is 1.87 bits per heavy atom. The molecular weight excluding hydrogens is 194 g/mol. The van der Waals surface area contributed by atoms with Gasteiger partial charge in [-0.05, 0) is 12.3 Å². The van der Waals surface area contributed by atoms with Crippen LogP contribution in [-0.2, 0) is 9.59 Å². The van der Waals surface area contributed by atoms with Crippen molar-refractivity contribution in [3.8, 4) is 0 Å². The highest BCUT2D eigenvalue weighted by molar-refractivity contribution is 5.97. The van der Waals surface area contributed by atoms with Gasteiger partial charge in [0.25, 0.3) is 0 Å². The molecule has 0 saturated heterocycles. The van der Waals surface area contributed by atoms with E-state index in [2.05, 4.69) is 12.2 Å². The van der Waals surface area contributed by atoms with Crippen LogP contribution in [0, 0.1) is 11.8 Å². The molecule has 0 aromatic rings. The number of carboxylic acids is 1. The number of hydrogen-bond donors (Lipinski definition) is 2. The first-order valence-corrected chi connectivity index (χ1v) is 5.51. The summed E-state index contributed by atoms with van der Waals surface area (Å²) in [7, 11) is 0. The zero-order valence-corrected chi connectivity index (χ0v) is 9.75.